The lowest BCUT2D eigenvalue weighted by molar-refractivity contribution is -0.116. The molecular formula is C26H25NO5. The van der Waals surface area contributed by atoms with Gasteiger partial charge in [-0.15, -0.1) is 0 Å². The van der Waals surface area contributed by atoms with E-state index in [-0.39, 0.29) is 24.5 Å². The molecule has 0 aliphatic heterocycles. The van der Waals surface area contributed by atoms with E-state index in [0.29, 0.717) is 16.8 Å². The zero-order valence-electron chi connectivity index (χ0n) is 18.2. The number of hydrogen-bond donors (Lipinski definition) is 2. The lowest BCUT2D eigenvalue weighted by Gasteiger charge is -2.11. The summed E-state index contributed by atoms with van der Waals surface area (Å²) in [4.78, 5) is 25.2. The van der Waals surface area contributed by atoms with Crippen LogP contribution in [0.3, 0.4) is 0 Å². The first-order valence-electron chi connectivity index (χ1n) is 11.0. The molecule has 6 nitrogen and oxygen atoms in total. The van der Waals surface area contributed by atoms with Gasteiger partial charge in [0, 0.05) is 46.0 Å². The van der Waals surface area contributed by atoms with Crippen LogP contribution in [0.2, 0.25) is 0 Å². The van der Waals surface area contributed by atoms with Crippen molar-refractivity contribution in [3.63, 3.8) is 0 Å². The maximum absolute atomic E-state index is 12.8. The van der Waals surface area contributed by atoms with Gasteiger partial charge in [0.1, 0.15) is 22.7 Å². The number of fused-ring (bicyclic) bond motifs is 4. The fourth-order valence-electron chi connectivity index (χ4n) is 4.71. The number of phenols is 1. The van der Waals surface area contributed by atoms with Crippen molar-refractivity contribution >= 4 is 33.5 Å². The quantitative estimate of drug-likeness (QED) is 0.337. The highest BCUT2D eigenvalue weighted by Gasteiger charge is 2.23. The number of aromatic hydroxyl groups is 1. The van der Waals surface area contributed by atoms with Gasteiger partial charge in [-0.1, -0.05) is 0 Å². The van der Waals surface area contributed by atoms with Crippen LogP contribution in [0.25, 0.3) is 21.9 Å². The summed E-state index contributed by atoms with van der Waals surface area (Å²) < 4.78 is 11.9. The summed E-state index contributed by atoms with van der Waals surface area (Å²) in [6.07, 6.45) is 4.69. The van der Waals surface area contributed by atoms with Crippen molar-refractivity contribution in [2.45, 2.75) is 52.4 Å². The largest absolute Gasteiger partial charge is 0.508 e. The fourth-order valence-corrected chi connectivity index (χ4v) is 4.71. The molecule has 0 fully saturated rings. The number of nitrogens with one attached hydrogen (secondary N) is 1. The molecule has 0 saturated heterocycles. The van der Waals surface area contributed by atoms with Crippen molar-refractivity contribution < 1.29 is 18.7 Å². The molecule has 2 aromatic carbocycles. The van der Waals surface area contributed by atoms with E-state index in [4.69, 9.17) is 8.83 Å². The lowest BCUT2D eigenvalue weighted by Crippen LogP contribution is -2.16. The van der Waals surface area contributed by atoms with Gasteiger partial charge in [-0.25, -0.2) is 4.79 Å². The first-order valence-corrected chi connectivity index (χ1v) is 11.0. The van der Waals surface area contributed by atoms with E-state index < -0.39 is 5.63 Å². The summed E-state index contributed by atoms with van der Waals surface area (Å²) in [6.45, 7) is 3.86. The maximum atomic E-state index is 12.8. The summed E-state index contributed by atoms with van der Waals surface area (Å²) in [6, 6.07) is 8.36. The SMILES string of the molecule is Cc1c(CCC(=O)Nc2ccc(O)cc2)c(=O)oc2c(C)c3oc4c(c3cc12)CCCC4. The van der Waals surface area contributed by atoms with Gasteiger partial charge in [0.2, 0.25) is 5.91 Å². The molecule has 1 aliphatic rings. The number of phenolic OH excluding ortho intramolecular Hbond substituents is 1. The monoisotopic (exact) mass is 431 g/mol. The van der Waals surface area contributed by atoms with Crippen molar-refractivity contribution in [1.82, 2.24) is 0 Å². The Kier molecular flexibility index (Phi) is 5.00. The highest BCUT2D eigenvalue weighted by atomic mass is 16.4. The molecule has 0 atom stereocenters. The number of hydrogen-bond acceptors (Lipinski definition) is 5. The van der Waals surface area contributed by atoms with Gasteiger partial charge in [0.15, 0.2) is 0 Å². The van der Waals surface area contributed by atoms with Crippen molar-refractivity contribution in [2.75, 3.05) is 5.32 Å². The smallest absolute Gasteiger partial charge is 0.339 e. The Balaban J connectivity index is 1.48. The van der Waals surface area contributed by atoms with E-state index in [1.54, 1.807) is 12.1 Å². The van der Waals surface area contributed by atoms with Crippen LogP contribution in [0, 0.1) is 13.8 Å². The molecule has 2 aromatic heterocycles. The van der Waals surface area contributed by atoms with Crippen LogP contribution in [-0.4, -0.2) is 11.0 Å². The molecule has 0 unspecified atom stereocenters. The molecule has 32 heavy (non-hydrogen) atoms. The molecule has 1 aliphatic carbocycles. The predicted molar refractivity (Wildman–Crippen MR) is 123 cm³/mol. The number of carbonyl (C=O) groups excluding carboxylic acids is 1. The van der Waals surface area contributed by atoms with Gasteiger partial charge in [0.25, 0.3) is 0 Å². The minimum absolute atomic E-state index is 0.135. The Morgan fingerprint density at radius 1 is 1.00 bits per heavy atom. The Bertz CT molecular complexity index is 1410. The Hall–Kier alpha value is -3.54. The van der Waals surface area contributed by atoms with Gasteiger partial charge in [-0.05, 0) is 75.4 Å². The molecule has 0 saturated carbocycles. The number of rotatable bonds is 4. The summed E-state index contributed by atoms with van der Waals surface area (Å²) in [5, 5.41) is 14.2. The molecular weight excluding hydrogens is 406 g/mol. The molecule has 0 bridgehead atoms. The zero-order chi connectivity index (χ0) is 22.4. The first-order chi connectivity index (χ1) is 15.4. The minimum Gasteiger partial charge on any atom is -0.508 e. The number of anilines is 1. The molecule has 1 amide bonds. The minimum atomic E-state index is -0.411. The third-order valence-electron chi connectivity index (χ3n) is 6.48. The summed E-state index contributed by atoms with van der Waals surface area (Å²) in [5.41, 5.74) is 5.06. The summed E-state index contributed by atoms with van der Waals surface area (Å²) >= 11 is 0. The van der Waals surface area contributed by atoms with Gasteiger partial charge in [0.05, 0.1) is 0 Å². The molecule has 0 spiro atoms. The first kappa shape index (κ1) is 20.4. The van der Waals surface area contributed by atoms with Crippen LogP contribution in [0.5, 0.6) is 5.75 Å². The second kappa shape index (κ2) is 7.86. The van der Waals surface area contributed by atoms with Crippen molar-refractivity contribution in [2.24, 2.45) is 0 Å². The molecule has 2 N–H and O–H groups in total. The van der Waals surface area contributed by atoms with Gasteiger partial charge in [-0.3, -0.25) is 4.79 Å². The predicted octanol–water partition coefficient (Wildman–Crippen LogP) is 5.31. The third kappa shape index (κ3) is 3.45. The molecule has 164 valence electrons. The van der Waals surface area contributed by atoms with Crippen molar-refractivity contribution in [3.8, 4) is 5.75 Å². The number of aryl methyl sites for hydroxylation is 4. The summed E-state index contributed by atoms with van der Waals surface area (Å²) in [7, 11) is 0. The average molecular weight is 431 g/mol. The molecule has 0 radical (unpaired) electrons. The van der Waals surface area contributed by atoms with E-state index in [0.717, 1.165) is 58.9 Å². The highest BCUT2D eigenvalue weighted by Crippen LogP contribution is 2.38. The lowest BCUT2D eigenvalue weighted by atomic mass is 9.93. The van der Waals surface area contributed by atoms with E-state index in [9.17, 15) is 14.7 Å². The van der Waals surface area contributed by atoms with Gasteiger partial charge in [-0.2, -0.15) is 0 Å². The molecule has 2 heterocycles. The van der Waals surface area contributed by atoms with Crippen LogP contribution >= 0.6 is 0 Å². The van der Waals surface area contributed by atoms with Crippen LogP contribution in [0.1, 0.15) is 47.3 Å². The topological polar surface area (TPSA) is 92.7 Å². The number of furan rings is 1. The Labute approximate surface area is 184 Å². The number of carbonyl (C=O) groups is 1. The Morgan fingerprint density at radius 2 is 1.72 bits per heavy atom. The van der Waals surface area contributed by atoms with E-state index >= 15 is 0 Å². The van der Waals surface area contributed by atoms with Crippen LogP contribution < -0.4 is 10.9 Å². The van der Waals surface area contributed by atoms with Crippen LogP contribution in [0.4, 0.5) is 5.69 Å². The third-order valence-corrected chi connectivity index (χ3v) is 6.48. The molecule has 5 rings (SSSR count). The molecule has 4 aromatic rings. The molecule has 6 heteroatoms. The van der Waals surface area contributed by atoms with Crippen molar-refractivity contribution in [3.05, 3.63) is 68.8 Å². The second-order valence-electron chi connectivity index (χ2n) is 8.55. The number of benzene rings is 2. The highest BCUT2D eigenvalue weighted by molar-refractivity contribution is 6.00. The average Bonchev–Trinajstić information content (AvgIpc) is 3.15. The van der Waals surface area contributed by atoms with E-state index in [2.05, 4.69) is 11.4 Å². The van der Waals surface area contributed by atoms with Gasteiger partial charge < -0.3 is 19.3 Å². The maximum Gasteiger partial charge on any atom is 0.339 e. The van der Waals surface area contributed by atoms with E-state index in [1.807, 2.05) is 13.8 Å². The normalized spacial score (nSPS) is 13.4. The fraction of sp³-hybridized carbons (Fsp3) is 0.308. The zero-order valence-corrected chi connectivity index (χ0v) is 18.2. The second-order valence-corrected chi connectivity index (χ2v) is 8.55. The Morgan fingerprint density at radius 3 is 2.50 bits per heavy atom. The van der Waals surface area contributed by atoms with E-state index in [1.165, 1.54) is 17.7 Å². The van der Waals surface area contributed by atoms with Gasteiger partial charge >= 0.3 is 5.63 Å². The van der Waals surface area contributed by atoms with Crippen LogP contribution in [0.15, 0.2) is 44.0 Å². The number of amides is 1. The van der Waals surface area contributed by atoms with Crippen molar-refractivity contribution in [1.29, 1.82) is 0 Å². The summed E-state index contributed by atoms with van der Waals surface area (Å²) in [5.74, 6) is 0.983. The van der Waals surface area contributed by atoms with Crippen LogP contribution in [-0.2, 0) is 24.1 Å². The standard InChI is InChI=1S/C26H25NO5/c1-14-18(11-12-23(29)27-16-7-9-17(28)10-8-16)26(30)32-24-15(2)25-21(13-20(14)24)19-5-3-4-6-22(19)31-25/h7-10,13,28H,3-6,11-12H2,1-2H3,(H,27,29).